The van der Waals surface area contributed by atoms with E-state index in [1.165, 1.54) is 13.2 Å². The molecule has 1 heterocycles. The summed E-state index contributed by atoms with van der Waals surface area (Å²) >= 11 is 0. The van der Waals surface area contributed by atoms with Crippen LogP contribution >= 0.6 is 0 Å². The topological polar surface area (TPSA) is 118 Å². The van der Waals surface area contributed by atoms with Crippen LogP contribution in [0.4, 0.5) is 10.5 Å². The number of rotatable bonds is 6. The summed E-state index contributed by atoms with van der Waals surface area (Å²) < 4.78 is 9.96. The molecule has 8 heteroatoms. The molecule has 0 aliphatic carbocycles. The lowest BCUT2D eigenvalue weighted by atomic mass is 9.99. The summed E-state index contributed by atoms with van der Waals surface area (Å²) in [5.74, 6) is -1.42. The van der Waals surface area contributed by atoms with Crippen LogP contribution in [-0.4, -0.2) is 35.7 Å². The number of hydrogen-bond acceptors (Lipinski definition) is 5. The first-order chi connectivity index (χ1) is 11.7. The third-order valence-electron chi connectivity index (χ3n) is 3.58. The first-order valence-electron chi connectivity index (χ1n) is 7.63. The summed E-state index contributed by atoms with van der Waals surface area (Å²) in [6, 6.07) is 6.01. The number of carboxylic acid groups (broad SMARTS) is 1. The molecule has 8 nitrogen and oxygen atoms in total. The van der Waals surface area contributed by atoms with Crippen LogP contribution in [0.2, 0.25) is 0 Å². The Morgan fingerprint density at radius 3 is 2.60 bits per heavy atom. The fourth-order valence-electron chi connectivity index (χ4n) is 2.27. The Labute approximate surface area is 144 Å². The lowest BCUT2D eigenvalue weighted by Gasteiger charge is -2.25. The molecule has 25 heavy (non-hydrogen) atoms. The van der Waals surface area contributed by atoms with E-state index in [2.05, 4.69) is 15.4 Å². The predicted octanol–water partition coefficient (Wildman–Crippen LogP) is 2.98. The van der Waals surface area contributed by atoms with E-state index in [1.807, 2.05) is 0 Å². The zero-order valence-corrected chi connectivity index (χ0v) is 14.2. The number of methoxy groups -OCH3 is 1. The minimum Gasteiger partial charge on any atom is -0.481 e. The summed E-state index contributed by atoms with van der Waals surface area (Å²) in [5, 5.41) is 14.8. The molecule has 2 aromatic rings. The van der Waals surface area contributed by atoms with Gasteiger partial charge in [-0.05, 0) is 44.5 Å². The predicted molar refractivity (Wildman–Crippen MR) is 90.7 cm³/mol. The van der Waals surface area contributed by atoms with Gasteiger partial charge in [0.2, 0.25) is 5.76 Å². The summed E-state index contributed by atoms with van der Waals surface area (Å²) in [5.41, 5.74) is 0.338. The van der Waals surface area contributed by atoms with Crippen LogP contribution in [0.15, 0.2) is 28.7 Å². The second kappa shape index (κ2) is 7.25. The van der Waals surface area contributed by atoms with Gasteiger partial charge >= 0.3 is 18.0 Å². The van der Waals surface area contributed by atoms with E-state index < -0.39 is 23.5 Å². The average Bonchev–Trinajstić information content (AvgIpc) is 2.95. The number of furan rings is 1. The van der Waals surface area contributed by atoms with Gasteiger partial charge in [0.25, 0.3) is 0 Å². The lowest BCUT2D eigenvalue weighted by Crippen LogP contribution is -2.45. The van der Waals surface area contributed by atoms with Gasteiger partial charge in [-0.3, -0.25) is 4.79 Å². The number of amides is 2. The SMILES string of the molecule is COC(=O)c1cc2cc(NC(=O)NC(C)(C)CCC(=O)O)ccc2o1. The minimum atomic E-state index is -0.915. The van der Waals surface area contributed by atoms with Gasteiger partial charge in [0.1, 0.15) is 5.58 Å². The molecule has 1 aromatic carbocycles. The highest BCUT2D eigenvalue weighted by Gasteiger charge is 2.21. The molecule has 3 N–H and O–H groups in total. The van der Waals surface area contributed by atoms with Gasteiger partial charge in [-0.1, -0.05) is 0 Å². The number of carbonyl (C=O) groups is 3. The van der Waals surface area contributed by atoms with Gasteiger partial charge in [-0.2, -0.15) is 0 Å². The molecule has 0 saturated heterocycles. The number of esters is 1. The van der Waals surface area contributed by atoms with Gasteiger partial charge in [-0.15, -0.1) is 0 Å². The van der Waals surface area contributed by atoms with E-state index in [-0.39, 0.29) is 12.2 Å². The van der Waals surface area contributed by atoms with E-state index in [9.17, 15) is 14.4 Å². The number of carboxylic acids is 1. The first-order valence-corrected chi connectivity index (χ1v) is 7.63. The van der Waals surface area contributed by atoms with E-state index in [1.54, 1.807) is 32.0 Å². The molecule has 0 spiro atoms. The number of aliphatic carboxylic acids is 1. The maximum absolute atomic E-state index is 12.1. The molecular weight excluding hydrogens is 328 g/mol. The van der Waals surface area contributed by atoms with Crippen LogP contribution in [0.25, 0.3) is 11.0 Å². The monoisotopic (exact) mass is 348 g/mol. The molecule has 2 amide bonds. The van der Waals surface area contributed by atoms with Crippen LogP contribution in [0, 0.1) is 0 Å². The Kier molecular flexibility index (Phi) is 5.31. The molecular formula is C17H20N2O6. The highest BCUT2D eigenvalue weighted by Crippen LogP contribution is 2.23. The number of benzene rings is 1. The summed E-state index contributed by atoms with van der Waals surface area (Å²) in [6.45, 7) is 3.49. The normalized spacial score (nSPS) is 11.2. The second-order valence-corrected chi connectivity index (χ2v) is 6.21. The van der Waals surface area contributed by atoms with Crippen LogP contribution < -0.4 is 10.6 Å². The maximum atomic E-state index is 12.1. The molecule has 0 fully saturated rings. The van der Waals surface area contributed by atoms with E-state index >= 15 is 0 Å². The van der Waals surface area contributed by atoms with Crippen molar-refractivity contribution in [2.24, 2.45) is 0 Å². The number of ether oxygens (including phenoxy) is 1. The van der Waals surface area contributed by atoms with Crippen molar-refractivity contribution in [1.29, 1.82) is 0 Å². The maximum Gasteiger partial charge on any atom is 0.373 e. The minimum absolute atomic E-state index is 0.0371. The van der Waals surface area contributed by atoms with E-state index in [4.69, 9.17) is 9.52 Å². The lowest BCUT2D eigenvalue weighted by molar-refractivity contribution is -0.137. The van der Waals surface area contributed by atoms with Crippen molar-refractivity contribution in [3.05, 3.63) is 30.0 Å². The van der Waals surface area contributed by atoms with Crippen molar-refractivity contribution < 1.29 is 28.6 Å². The van der Waals surface area contributed by atoms with Crippen LogP contribution in [-0.2, 0) is 9.53 Å². The van der Waals surface area contributed by atoms with E-state index in [0.717, 1.165) is 0 Å². The first kappa shape index (κ1) is 18.3. The molecule has 0 bridgehead atoms. The van der Waals surface area contributed by atoms with E-state index in [0.29, 0.717) is 23.1 Å². The Morgan fingerprint density at radius 2 is 1.96 bits per heavy atom. The smallest absolute Gasteiger partial charge is 0.373 e. The molecule has 0 atom stereocenters. The Balaban J connectivity index is 2.05. The third-order valence-corrected chi connectivity index (χ3v) is 3.58. The summed E-state index contributed by atoms with van der Waals surface area (Å²) in [4.78, 5) is 34.2. The van der Waals surface area contributed by atoms with Gasteiger partial charge in [0, 0.05) is 23.0 Å². The second-order valence-electron chi connectivity index (χ2n) is 6.21. The average molecular weight is 348 g/mol. The number of carbonyl (C=O) groups excluding carboxylic acids is 2. The largest absolute Gasteiger partial charge is 0.481 e. The number of anilines is 1. The van der Waals surface area contributed by atoms with Gasteiger partial charge in [0.15, 0.2) is 0 Å². The van der Waals surface area contributed by atoms with Crippen LogP contribution in [0.1, 0.15) is 37.2 Å². The number of hydrogen-bond donors (Lipinski definition) is 3. The van der Waals surface area contributed by atoms with Crippen molar-refractivity contribution >= 4 is 34.6 Å². The molecule has 0 aliphatic heterocycles. The number of urea groups is 1. The molecule has 2 rings (SSSR count). The van der Waals surface area contributed by atoms with Crippen molar-refractivity contribution in [1.82, 2.24) is 5.32 Å². The number of nitrogens with one attached hydrogen (secondary N) is 2. The Morgan fingerprint density at radius 1 is 1.24 bits per heavy atom. The summed E-state index contributed by atoms with van der Waals surface area (Å²) in [7, 11) is 1.26. The third kappa shape index (κ3) is 4.97. The van der Waals surface area contributed by atoms with Crippen molar-refractivity contribution in [3.8, 4) is 0 Å². The molecule has 0 saturated carbocycles. The quantitative estimate of drug-likeness (QED) is 0.691. The van der Waals surface area contributed by atoms with Gasteiger partial charge < -0.3 is 24.9 Å². The fraction of sp³-hybridized carbons (Fsp3) is 0.353. The van der Waals surface area contributed by atoms with Crippen molar-refractivity contribution in [3.63, 3.8) is 0 Å². The van der Waals surface area contributed by atoms with Crippen molar-refractivity contribution in [2.75, 3.05) is 12.4 Å². The molecule has 0 radical (unpaired) electrons. The van der Waals surface area contributed by atoms with Gasteiger partial charge in [0.05, 0.1) is 7.11 Å². The molecule has 134 valence electrons. The van der Waals surface area contributed by atoms with Gasteiger partial charge in [-0.25, -0.2) is 9.59 Å². The fourth-order valence-corrected chi connectivity index (χ4v) is 2.27. The van der Waals surface area contributed by atoms with Crippen molar-refractivity contribution in [2.45, 2.75) is 32.2 Å². The summed E-state index contributed by atoms with van der Waals surface area (Å²) in [6.07, 6.45) is 0.267. The zero-order valence-electron chi connectivity index (χ0n) is 14.2. The molecule has 1 aromatic heterocycles. The van der Waals surface area contributed by atoms with Crippen LogP contribution in [0.5, 0.6) is 0 Å². The van der Waals surface area contributed by atoms with Crippen LogP contribution in [0.3, 0.4) is 0 Å². The molecule has 0 unspecified atom stereocenters. The number of fused-ring (bicyclic) bond motifs is 1. The standard InChI is InChI=1S/C17H20N2O6/c1-17(2,7-6-14(20)21)19-16(23)18-11-4-5-12-10(8-11)9-13(25-12)15(22)24-3/h4-5,8-9H,6-7H2,1-3H3,(H,20,21)(H2,18,19,23). The molecule has 0 aliphatic rings. The Hall–Kier alpha value is -3.03. The Bertz CT molecular complexity index is 809. The zero-order chi connectivity index (χ0) is 18.6. The highest BCUT2D eigenvalue weighted by molar-refractivity contribution is 5.96. The highest BCUT2D eigenvalue weighted by atomic mass is 16.5.